The fourth-order valence-corrected chi connectivity index (χ4v) is 2.67. The summed E-state index contributed by atoms with van der Waals surface area (Å²) in [6, 6.07) is 0. The number of hydrogen-bond acceptors (Lipinski definition) is 4. The molecule has 2 saturated heterocycles. The van der Waals surface area contributed by atoms with E-state index in [2.05, 4.69) is 10.2 Å². The molecule has 104 valence electrons. The molecule has 0 saturated carbocycles. The highest BCUT2D eigenvalue weighted by molar-refractivity contribution is 5.78. The Morgan fingerprint density at radius 2 is 2.11 bits per heavy atom. The van der Waals surface area contributed by atoms with E-state index in [1.54, 1.807) is 7.05 Å². The van der Waals surface area contributed by atoms with Crippen LogP contribution in [0.1, 0.15) is 25.7 Å². The van der Waals surface area contributed by atoms with Crippen molar-refractivity contribution in [3.05, 3.63) is 0 Å². The Morgan fingerprint density at radius 1 is 1.33 bits per heavy atom. The molecule has 0 aromatic carbocycles. The van der Waals surface area contributed by atoms with Gasteiger partial charge >= 0.3 is 0 Å². The number of piperidine rings is 1. The minimum atomic E-state index is -0.0425. The number of nitrogens with one attached hydrogen (secondary N) is 1. The Morgan fingerprint density at radius 3 is 2.83 bits per heavy atom. The molecule has 2 fully saturated rings. The fourth-order valence-electron chi connectivity index (χ4n) is 2.67. The summed E-state index contributed by atoms with van der Waals surface area (Å²) in [5, 5.41) is 2.75. The van der Waals surface area contributed by atoms with E-state index in [9.17, 15) is 4.79 Å². The zero-order valence-electron chi connectivity index (χ0n) is 11.2. The monoisotopic (exact) mass is 256 g/mol. The first-order chi connectivity index (χ1) is 8.79. The molecule has 1 amide bonds. The molecule has 18 heavy (non-hydrogen) atoms. The predicted molar refractivity (Wildman–Crippen MR) is 68.2 cm³/mol. The summed E-state index contributed by atoms with van der Waals surface area (Å²) < 4.78 is 11.1. The predicted octanol–water partition coefficient (Wildman–Crippen LogP) is 0.598. The normalized spacial score (nSPS) is 27.1. The van der Waals surface area contributed by atoms with Crippen LogP contribution >= 0.6 is 0 Å². The maximum Gasteiger partial charge on any atom is 0.224 e. The zero-order chi connectivity index (χ0) is 12.8. The number of hydrogen-bond donors (Lipinski definition) is 1. The van der Waals surface area contributed by atoms with Crippen LogP contribution in [-0.4, -0.2) is 57.0 Å². The number of rotatable bonds is 4. The molecule has 2 heterocycles. The Balaban J connectivity index is 1.70. The number of carbonyl (C=O) groups is 1. The van der Waals surface area contributed by atoms with Crippen molar-refractivity contribution in [1.29, 1.82) is 0 Å². The SMILES string of the molecule is CNC(=O)C1CCCN(CCC2OCCCO2)C1. The van der Waals surface area contributed by atoms with Crippen LogP contribution in [0.15, 0.2) is 0 Å². The molecule has 1 atom stereocenters. The van der Waals surface area contributed by atoms with Crippen molar-refractivity contribution in [2.75, 3.05) is 39.9 Å². The topological polar surface area (TPSA) is 50.8 Å². The molecule has 0 aromatic heterocycles. The highest BCUT2D eigenvalue weighted by Gasteiger charge is 2.25. The Hall–Kier alpha value is -0.650. The van der Waals surface area contributed by atoms with E-state index in [4.69, 9.17) is 9.47 Å². The van der Waals surface area contributed by atoms with Crippen LogP contribution in [0, 0.1) is 5.92 Å². The second kappa shape index (κ2) is 7.07. The van der Waals surface area contributed by atoms with E-state index in [0.717, 1.165) is 58.5 Å². The molecule has 0 aliphatic carbocycles. The third-order valence-electron chi connectivity index (χ3n) is 3.70. The number of nitrogens with zero attached hydrogens (tertiary/aromatic N) is 1. The fraction of sp³-hybridized carbons (Fsp3) is 0.923. The van der Waals surface area contributed by atoms with Crippen molar-refractivity contribution >= 4 is 5.91 Å². The van der Waals surface area contributed by atoms with Crippen LogP contribution in [0.3, 0.4) is 0 Å². The van der Waals surface area contributed by atoms with E-state index >= 15 is 0 Å². The van der Waals surface area contributed by atoms with Gasteiger partial charge in [-0.2, -0.15) is 0 Å². The Labute approximate surface area is 109 Å². The summed E-state index contributed by atoms with van der Waals surface area (Å²) in [6.45, 7) is 4.53. The molecule has 2 rings (SSSR count). The van der Waals surface area contributed by atoms with Crippen LogP contribution < -0.4 is 5.32 Å². The number of likely N-dealkylation sites (tertiary alicyclic amines) is 1. The van der Waals surface area contributed by atoms with Crippen LogP contribution in [0.5, 0.6) is 0 Å². The lowest BCUT2D eigenvalue weighted by molar-refractivity contribution is -0.183. The summed E-state index contributed by atoms with van der Waals surface area (Å²) in [7, 11) is 1.71. The molecular formula is C13H24N2O3. The second-order valence-corrected chi connectivity index (χ2v) is 5.07. The van der Waals surface area contributed by atoms with Crippen molar-refractivity contribution in [3.8, 4) is 0 Å². The first-order valence-electron chi connectivity index (χ1n) is 6.96. The molecule has 2 aliphatic rings. The van der Waals surface area contributed by atoms with Gasteiger partial charge in [-0.05, 0) is 25.8 Å². The van der Waals surface area contributed by atoms with Gasteiger partial charge in [-0.1, -0.05) is 0 Å². The zero-order valence-corrected chi connectivity index (χ0v) is 11.2. The Bertz CT molecular complexity index is 267. The maximum atomic E-state index is 11.6. The van der Waals surface area contributed by atoms with Crippen molar-refractivity contribution in [1.82, 2.24) is 10.2 Å². The molecule has 0 bridgehead atoms. The Kier molecular flexibility index (Phi) is 5.41. The quantitative estimate of drug-likeness (QED) is 0.800. The van der Waals surface area contributed by atoms with E-state index in [1.165, 1.54) is 0 Å². The smallest absolute Gasteiger partial charge is 0.224 e. The van der Waals surface area contributed by atoms with Crippen molar-refractivity contribution in [2.24, 2.45) is 5.92 Å². The molecule has 1 N–H and O–H groups in total. The minimum Gasteiger partial charge on any atom is -0.359 e. The number of carbonyl (C=O) groups excluding carboxylic acids is 1. The van der Waals surface area contributed by atoms with Gasteiger partial charge in [-0.3, -0.25) is 4.79 Å². The van der Waals surface area contributed by atoms with E-state index in [0.29, 0.717) is 0 Å². The second-order valence-electron chi connectivity index (χ2n) is 5.07. The van der Waals surface area contributed by atoms with Crippen LogP contribution in [0.25, 0.3) is 0 Å². The van der Waals surface area contributed by atoms with Gasteiger partial charge < -0.3 is 19.7 Å². The van der Waals surface area contributed by atoms with Gasteiger partial charge in [0.1, 0.15) is 0 Å². The lowest BCUT2D eigenvalue weighted by Crippen LogP contribution is -2.43. The lowest BCUT2D eigenvalue weighted by atomic mass is 9.97. The van der Waals surface area contributed by atoms with E-state index in [-0.39, 0.29) is 18.1 Å². The number of amides is 1. The third kappa shape index (κ3) is 3.93. The molecule has 0 spiro atoms. The summed E-state index contributed by atoms with van der Waals surface area (Å²) in [5.74, 6) is 0.321. The first-order valence-corrected chi connectivity index (χ1v) is 6.96. The number of ether oxygens (including phenoxy) is 2. The highest BCUT2D eigenvalue weighted by Crippen LogP contribution is 2.18. The van der Waals surface area contributed by atoms with Gasteiger partial charge in [0.2, 0.25) is 5.91 Å². The van der Waals surface area contributed by atoms with Crippen molar-refractivity contribution in [2.45, 2.75) is 32.0 Å². The third-order valence-corrected chi connectivity index (χ3v) is 3.70. The van der Waals surface area contributed by atoms with Crippen LogP contribution in [-0.2, 0) is 14.3 Å². The average molecular weight is 256 g/mol. The summed E-state index contributed by atoms with van der Waals surface area (Å²) in [5.41, 5.74) is 0. The molecular weight excluding hydrogens is 232 g/mol. The highest BCUT2D eigenvalue weighted by atomic mass is 16.7. The largest absolute Gasteiger partial charge is 0.359 e. The van der Waals surface area contributed by atoms with Crippen molar-refractivity contribution in [3.63, 3.8) is 0 Å². The molecule has 1 unspecified atom stereocenters. The van der Waals surface area contributed by atoms with Crippen LogP contribution in [0.4, 0.5) is 0 Å². The molecule has 0 aromatic rings. The average Bonchev–Trinajstić information content (AvgIpc) is 2.45. The van der Waals surface area contributed by atoms with Gasteiger partial charge in [-0.25, -0.2) is 0 Å². The van der Waals surface area contributed by atoms with Gasteiger partial charge in [0.05, 0.1) is 19.1 Å². The van der Waals surface area contributed by atoms with Crippen LogP contribution in [0.2, 0.25) is 0 Å². The molecule has 0 radical (unpaired) electrons. The van der Waals surface area contributed by atoms with Gasteiger partial charge in [0, 0.05) is 26.6 Å². The van der Waals surface area contributed by atoms with Gasteiger partial charge in [0.25, 0.3) is 0 Å². The van der Waals surface area contributed by atoms with Gasteiger partial charge in [0.15, 0.2) is 6.29 Å². The van der Waals surface area contributed by atoms with E-state index < -0.39 is 0 Å². The first kappa shape index (κ1) is 13.8. The molecule has 5 nitrogen and oxygen atoms in total. The van der Waals surface area contributed by atoms with Gasteiger partial charge in [-0.15, -0.1) is 0 Å². The lowest BCUT2D eigenvalue weighted by Gasteiger charge is -2.33. The summed E-state index contributed by atoms with van der Waals surface area (Å²) in [6.07, 6.45) is 3.97. The van der Waals surface area contributed by atoms with Crippen molar-refractivity contribution < 1.29 is 14.3 Å². The molecule has 2 aliphatic heterocycles. The van der Waals surface area contributed by atoms with E-state index in [1.807, 2.05) is 0 Å². The standard InChI is InChI=1S/C13H24N2O3/c1-14-13(16)11-4-2-6-15(10-11)7-5-12-17-8-3-9-18-12/h11-12H,2-10H2,1H3,(H,14,16). The minimum absolute atomic E-state index is 0.0425. The summed E-state index contributed by atoms with van der Waals surface area (Å²) >= 11 is 0. The molecule has 5 heteroatoms. The summed E-state index contributed by atoms with van der Waals surface area (Å²) in [4.78, 5) is 14.0. The maximum absolute atomic E-state index is 11.6.